The van der Waals surface area contributed by atoms with Gasteiger partial charge in [-0.3, -0.25) is 9.69 Å². The molecule has 0 N–H and O–H groups in total. The number of nitrogens with zero attached hydrogens (tertiary/aromatic N) is 6. The number of amides is 1. The van der Waals surface area contributed by atoms with Crippen LogP contribution in [0, 0.1) is 6.92 Å². The molecular formula is C23H28N6O2. The fraction of sp³-hybridized carbons (Fsp3) is 0.391. The second-order valence-corrected chi connectivity index (χ2v) is 7.83. The van der Waals surface area contributed by atoms with E-state index in [1.54, 1.807) is 0 Å². The molecule has 2 heterocycles. The van der Waals surface area contributed by atoms with Gasteiger partial charge in [0.1, 0.15) is 12.3 Å². The zero-order valence-electron chi connectivity index (χ0n) is 17.9. The van der Waals surface area contributed by atoms with E-state index in [0.717, 1.165) is 38.3 Å². The number of hydrogen-bond donors (Lipinski definition) is 0. The van der Waals surface area contributed by atoms with Crippen LogP contribution in [0.15, 0.2) is 54.6 Å². The van der Waals surface area contributed by atoms with Crippen LogP contribution in [0.3, 0.4) is 0 Å². The van der Waals surface area contributed by atoms with Crippen LogP contribution in [-0.4, -0.2) is 62.1 Å². The molecule has 2 aromatic carbocycles. The van der Waals surface area contributed by atoms with Crippen molar-refractivity contribution in [1.82, 2.24) is 30.0 Å². The molecule has 162 valence electrons. The first-order chi connectivity index (χ1) is 15.2. The Bertz CT molecular complexity index is 973. The number of aryl methyl sites for hydroxylation is 1. The van der Waals surface area contributed by atoms with Crippen LogP contribution < -0.4 is 4.74 Å². The van der Waals surface area contributed by atoms with Crippen LogP contribution in [0.4, 0.5) is 0 Å². The van der Waals surface area contributed by atoms with E-state index in [1.807, 2.05) is 35.2 Å². The Hall–Kier alpha value is -3.26. The van der Waals surface area contributed by atoms with Crippen LogP contribution in [0.2, 0.25) is 0 Å². The van der Waals surface area contributed by atoms with Gasteiger partial charge in [0.15, 0.2) is 6.61 Å². The Morgan fingerprint density at radius 3 is 2.61 bits per heavy atom. The number of ether oxygens (including phenoxy) is 1. The third-order valence-electron chi connectivity index (χ3n) is 5.35. The largest absolute Gasteiger partial charge is 0.485 e. The predicted molar refractivity (Wildman–Crippen MR) is 116 cm³/mol. The summed E-state index contributed by atoms with van der Waals surface area (Å²) in [6, 6.07) is 18.1. The minimum Gasteiger partial charge on any atom is -0.485 e. The second kappa shape index (κ2) is 10.2. The molecule has 8 nitrogen and oxygen atoms in total. The Morgan fingerprint density at radius 1 is 1.00 bits per heavy atom. The average Bonchev–Trinajstić information content (AvgIpc) is 3.10. The normalized spacial score (nSPS) is 14.9. The molecule has 0 spiro atoms. The zero-order valence-corrected chi connectivity index (χ0v) is 17.9. The van der Waals surface area contributed by atoms with Crippen molar-refractivity contribution in [1.29, 1.82) is 0 Å². The number of benzene rings is 2. The van der Waals surface area contributed by atoms with Crippen molar-refractivity contribution in [3.63, 3.8) is 0 Å². The highest BCUT2D eigenvalue weighted by atomic mass is 16.5. The number of carbonyl (C=O) groups is 1. The van der Waals surface area contributed by atoms with Crippen LogP contribution >= 0.6 is 0 Å². The minimum atomic E-state index is 0.0186. The number of hydrogen-bond acceptors (Lipinski definition) is 6. The Morgan fingerprint density at radius 2 is 1.81 bits per heavy atom. The average molecular weight is 421 g/mol. The second-order valence-electron chi connectivity index (χ2n) is 7.83. The highest BCUT2D eigenvalue weighted by molar-refractivity contribution is 5.75. The van der Waals surface area contributed by atoms with Gasteiger partial charge in [-0.05, 0) is 36.3 Å². The molecule has 0 bridgehead atoms. The lowest BCUT2D eigenvalue weighted by atomic mass is 10.1. The highest BCUT2D eigenvalue weighted by Crippen LogP contribution is 2.11. The third-order valence-corrected chi connectivity index (χ3v) is 5.35. The number of tetrazole rings is 1. The van der Waals surface area contributed by atoms with E-state index in [9.17, 15) is 4.79 Å². The molecule has 3 aromatic rings. The molecule has 4 rings (SSSR count). The molecule has 1 aromatic heterocycles. The lowest BCUT2D eigenvalue weighted by Gasteiger charge is -2.22. The topological polar surface area (TPSA) is 76.4 Å². The van der Waals surface area contributed by atoms with Crippen molar-refractivity contribution in [3.8, 4) is 5.75 Å². The molecule has 1 aliphatic rings. The first-order valence-electron chi connectivity index (χ1n) is 10.7. The fourth-order valence-electron chi connectivity index (χ4n) is 3.62. The molecule has 1 saturated heterocycles. The summed E-state index contributed by atoms with van der Waals surface area (Å²) in [5.74, 6) is 1.22. The summed E-state index contributed by atoms with van der Waals surface area (Å²) in [6.45, 7) is 6.64. The lowest BCUT2D eigenvalue weighted by Crippen LogP contribution is -2.37. The van der Waals surface area contributed by atoms with Gasteiger partial charge in [0.25, 0.3) is 0 Å². The Kier molecular flexibility index (Phi) is 6.89. The smallest absolute Gasteiger partial charge is 0.246 e. The van der Waals surface area contributed by atoms with E-state index in [-0.39, 0.29) is 19.1 Å². The molecular weight excluding hydrogens is 392 g/mol. The summed E-state index contributed by atoms with van der Waals surface area (Å²) in [6.07, 6.45) is 0.957. The summed E-state index contributed by atoms with van der Waals surface area (Å²) >= 11 is 0. The molecule has 0 saturated carbocycles. The van der Waals surface area contributed by atoms with E-state index >= 15 is 0 Å². The Balaban J connectivity index is 1.25. The van der Waals surface area contributed by atoms with Crippen molar-refractivity contribution in [2.24, 2.45) is 0 Å². The summed E-state index contributed by atoms with van der Waals surface area (Å²) < 4.78 is 5.63. The molecule has 31 heavy (non-hydrogen) atoms. The molecule has 1 aliphatic heterocycles. The van der Waals surface area contributed by atoms with Gasteiger partial charge in [-0.25, -0.2) is 0 Å². The quantitative estimate of drug-likeness (QED) is 0.584. The monoisotopic (exact) mass is 420 g/mol. The number of carbonyl (C=O) groups excluding carboxylic acids is 1. The number of rotatable bonds is 7. The van der Waals surface area contributed by atoms with Gasteiger partial charge >= 0.3 is 0 Å². The summed E-state index contributed by atoms with van der Waals surface area (Å²) in [7, 11) is 0. The number of para-hydroxylation sites is 1. The van der Waals surface area contributed by atoms with Gasteiger partial charge in [0, 0.05) is 32.7 Å². The molecule has 0 unspecified atom stereocenters. The van der Waals surface area contributed by atoms with E-state index in [4.69, 9.17) is 4.74 Å². The van der Waals surface area contributed by atoms with E-state index < -0.39 is 0 Å². The van der Waals surface area contributed by atoms with Gasteiger partial charge in [0.2, 0.25) is 11.7 Å². The van der Waals surface area contributed by atoms with Gasteiger partial charge in [-0.1, -0.05) is 48.0 Å². The molecule has 0 aliphatic carbocycles. The van der Waals surface area contributed by atoms with Gasteiger partial charge in [0.05, 0.1) is 0 Å². The SMILES string of the molecule is Cc1ccc(CN2CCCN(C(=O)Cn3nnc(COc4ccccc4)n3)CC2)cc1. The maximum Gasteiger partial charge on any atom is 0.246 e. The van der Waals surface area contributed by atoms with E-state index in [0.29, 0.717) is 12.4 Å². The van der Waals surface area contributed by atoms with Gasteiger partial charge in [-0.2, -0.15) is 4.80 Å². The molecule has 0 radical (unpaired) electrons. The standard InChI is InChI=1S/C23H28N6O2/c1-19-8-10-20(11-9-19)16-27-12-5-13-28(15-14-27)23(30)17-29-25-22(24-26-29)18-31-21-6-3-2-4-7-21/h2-4,6-11H,5,12-18H2,1H3. The van der Waals surface area contributed by atoms with Crippen molar-refractivity contribution in [2.45, 2.75) is 33.0 Å². The van der Waals surface area contributed by atoms with E-state index in [2.05, 4.69) is 51.5 Å². The highest BCUT2D eigenvalue weighted by Gasteiger charge is 2.20. The molecule has 1 fully saturated rings. The summed E-state index contributed by atoms with van der Waals surface area (Å²) in [4.78, 5) is 18.4. The van der Waals surface area contributed by atoms with Crippen LogP contribution in [0.1, 0.15) is 23.4 Å². The minimum absolute atomic E-state index is 0.0186. The number of aromatic nitrogens is 4. The summed E-state index contributed by atoms with van der Waals surface area (Å²) in [5, 5.41) is 12.3. The van der Waals surface area contributed by atoms with Gasteiger partial charge in [-0.15, -0.1) is 10.2 Å². The fourth-order valence-corrected chi connectivity index (χ4v) is 3.62. The van der Waals surface area contributed by atoms with Crippen molar-refractivity contribution >= 4 is 5.91 Å². The zero-order chi connectivity index (χ0) is 21.5. The predicted octanol–water partition coefficient (Wildman–Crippen LogP) is 2.30. The first kappa shape index (κ1) is 21.0. The Labute approximate surface area is 182 Å². The van der Waals surface area contributed by atoms with Crippen LogP contribution in [-0.2, 0) is 24.5 Å². The van der Waals surface area contributed by atoms with Gasteiger partial charge < -0.3 is 9.64 Å². The summed E-state index contributed by atoms with van der Waals surface area (Å²) in [5.41, 5.74) is 2.58. The molecule has 0 atom stereocenters. The third kappa shape index (κ3) is 6.11. The van der Waals surface area contributed by atoms with Crippen molar-refractivity contribution < 1.29 is 9.53 Å². The molecule has 1 amide bonds. The lowest BCUT2D eigenvalue weighted by molar-refractivity contribution is -0.132. The van der Waals surface area contributed by atoms with E-state index in [1.165, 1.54) is 15.9 Å². The van der Waals surface area contributed by atoms with Crippen LogP contribution in [0.5, 0.6) is 5.75 Å². The maximum atomic E-state index is 12.8. The maximum absolute atomic E-state index is 12.8. The first-order valence-corrected chi connectivity index (χ1v) is 10.7. The van der Waals surface area contributed by atoms with Crippen molar-refractivity contribution in [2.75, 3.05) is 26.2 Å². The molecule has 8 heteroatoms. The van der Waals surface area contributed by atoms with Crippen LogP contribution in [0.25, 0.3) is 0 Å². The van der Waals surface area contributed by atoms with Crippen molar-refractivity contribution in [3.05, 3.63) is 71.5 Å².